The molecule has 2 aromatic rings. The second kappa shape index (κ2) is 4.90. The van der Waals surface area contributed by atoms with Gasteiger partial charge in [0.15, 0.2) is 0 Å². The second-order valence-corrected chi connectivity index (χ2v) is 4.35. The molecule has 1 aromatic carbocycles. The minimum atomic E-state index is 0.325. The molecule has 3 nitrogen and oxygen atoms in total. The van der Waals surface area contributed by atoms with Crippen LogP contribution in [0.1, 0.15) is 5.69 Å². The number of methoxy groups -OCH3 is 1. The van der Waals surface area contributed by atoms with Gasteiger partial charge in [-0.05, 0) is 31.2 Å². The molecule has 0 amide bonds. The smallest absolute Gasteiger partial charge is 0.316 e. The molecule has 1 heterocycles. The van der Waals surface area contributed by atoms with E-state index in [0.29, 0.717) is 16.1 Å². The summed E-state index contributed by atoms with van der Waals surface area (Å²) in [6.07, 6.45) is 0. The van der Waals surface area contributed by atoms with E-state index in [9.17, 15) is 0 Å². The van der Waals surface area contributed by atoms with Crippen LogP contribution in [-0.2, 0) is 0 Å². The highest BCUT2D eigenvalue weighted by molar-refractivity contribution is 6.36. The maximum Gasteiger partial charge on any atom is 0.316 e. The van der Waals surface area contributed by atoms with Gasteiger partial charge in [0.05, 0.1) is 17.8 Å². The van der Waals surface area contributed by atoms with Crippen molar-refractivity contribution in [2.45, 2.75) is 6.92 Å². The highest BCUT2D eigenvalue weighted by Crippen LogP contribution is 2.30. The minimum absolute atomic E-state index is 0.325. The van der Waals surface area contributed by atoms with Crippen LogP contribution in [-0.4, -0.2) is 17.1 Å². The van der Waals surface area contributed by atoms with Crippen LogP contribution < -0.4 is 4.74 Å². The van der Waals surface area contributed by atoms with Crippen LogP contribution in [0.3, 0.4) is 0 Å². The molecule has 0 bridgehead atoms. The number of aryl methyl sites for hydroxylation is 1. The molecule has 1 aromatic heterocycles. The van der Waals surface area contributed by atoms with Crippen LogP contribution in [0.15, 0.2) is 24.3 Å². The summed E-state index contributed by atoms with van der Waals surface area (Å²) in [5, 5.41) is 1.15. The molecule has 0 atom stereocenters. The molecule has 2 rings (SSSR count). The molecule has 0 aliphatic carbocycles. The van der Waals surface area contributed by atoms with Crippen molar-refractivity contribution in [3.8, 4) is 17.3 Å². The number of benzene rings is 1. The van der Waals surface area contributed by atoms with Gasteiger partial charge in [-0.1, -0.05) is 23.2 Å². The molecular formula is C12H10Cl2N2O. The highest BCUT2D eigenvalue weighted by atomic mass is 35.5. The third-order valence-corrected chi connectivity index (χ3v) is 2.77. The first-order chi connectivity index (χ1) is 8.10. The lowest BCUT2D eigenvalue weighted by Crippen LogP contribution is -1.96. The van der Waals surface area contributed by atoms with E-state index in [1.807, 2.05) is 19.1 Å². The zero-order chi connectivity index (χ0) is 12.4. The van der Waals surface area contributed by atoms with Crippen molar-refractivity contribution >= 4 is 23.2 Å². The average molecular weight is 269 g/mol. The van der Waals surface area contributed by atoms with Crippen molar-refractivity contribution in [3.05, 3.63) is 40.0 Å². The van der Waals surface area contributed by atoms with E-state index in [-0.39, 0.29) is 0 Å². The summed E-state index contributed by atoms with van der Waals surface area (Å²) in [5.41, 5.74) is 2.34. The number of hydrogen-bond donors (Lipinski definition) is 0. The summed E-state index contributed by atoms with van der Waals surface area (Å²) >= 11 is 12.0. The standard InChI is InChI=1S/C12H10Cl2N2O/c1-7-5-11(16-12(15-7)17-2)9-4-3-8(13)6-10(9)14/h3-6H,1-2H3. The Morgan fingerprint density at radius 3 is 2.53 bits per heavy atom. The number of hydrogen-bond acceptors (Lipinski definition) is 3. The van der Waals surface area contributed by atoms with Gasteiger partial charge in [0, 0.05) is 16.3 Å². The van der Waals surface area contributed by atoms with E-state index in [1.165, 1.54) is 7.11 Å². The molecule has 5 heteroatoms. The quantitative estimate of drug-likeness (QED) is 0.832. The normalized spacial score (nSPS) is 10.4. The summed E-state index contributed by atoms with van der Waals surface area (Å²) < 4.78 is 5.03. The third-order valence-electron chi connectivity index (χ3n) is 2.22. The van der Waals surface area contributed by atoms with Crippen molar-refractivity contribution in [3.63, 3.8) is 0 Å². The largest absolute Gasteiger partial charge is 0.467 e. The van der Waals surface area contributed by atoms with Gasteiger partial charge in [-0.2, -0.15) is 4.98 Å². The lowest BCUT2D eigenvalue weighted by atomic mass is 10.1. The van der Waals surface area contributed by atoms with Crippen LogP contribution in [0.5, 0.6) is 6.01 Å². The molecule has 0 spiro atoms. The van der Waals surface area contributed by atoms with Crippen LogP contribution in [0.4, 0.5) is 0 Å². The first-order valence-corrected chi connectivity index (χ1v) is 5.71. The van der Waals surface area contributed by atoms with Gasteiger partial charge in [0.2, 0.25) is 0 Å². The Labute approximate surface area is 109 Å². The van der Waals surface area contributed by atoms with Gasteiger partial charge in [0.1, 0.15) is 0 Å². The van der Waals surface area contributed by atoms with E-state index in [0.717, 1.165) is 17.0 Å². The molecule has 0 aliphatic rings. The zero-order valence-corrected chi connectivity index (χ0v) is 10.9. The van der Waals surface area contributed by atoms with E-state index >= 15 is 0 Å². The number of aromatic nitrogens is 2. The fourth-order valence-electron chi connectivity index (χ4n) is 1.47. The first-order valence-electron chi connectivity index (χ1n) is 4.95. The Morgan fingerprint density at radius 2 is 1.88 bits per heavy atom. The van der Waals surface area contributed by atoms with Gasteiger partial charge in [-0.25, -0.2) is 4.98 Å². The van der Waals surface area contributed by atoms with Crippen LogP contribution in [0.2, 0.25) is 10.0 Å². The summed E-state index contributed by atoms with van der Waals surface area (Å²) in [5.74, 6) is 0. The van der Waals surface area contributed by atoms with Crippen LogP contribution in [0.25, 0.3) is 11.3 Å². The number of halogens is 2. The lowest BCUT2D eigenvalue weighted by Gasteiger charge is -2.06. The number of rotatable bonds is 2. The summed E-state index contributed by atoms with van der Waals surface area (Å²) in [6.45, 7) is 1.87. The van der Waals surface area contributed by atoms with Crippen molar-refractivity contribution in [1.82, 2.24) is 9.97 Å². The molecule has 17 heavy (non-hydrogen) atoms. The van der Waals surface area contributed by atoms with Crippen molar-refractivity contribution in [2.24, 2.45) is 0 Å². The molecule has 0 saturated heterocycles. The summed E-state index contributed by atoms with van der Waals surface area (Å²) in [7, 11) is 1.53. The van der Waals surface area contributed by atoms with Crippen molar-refractivity contribution in [1.29, 1.82) is 0 Å². The predicted octanol–water partition coefficient (Wildman–Crippen LogP) is 3.77. The molecule has 0 saturated carbocycles. The Hall–Kier alpha value is -1.32. The zero-order valence-electron chi connectivity index (χ0n) is 9.37. The van der Waals surface area contributed by atoms with Crippen LogP contribution in [0, 0.1) is 6.92 Å². The van der Waals surface area contributed by atoms with E-state index in [1.54, 1.807) is 12.1 Å². The van der Waals surface area contributed by atoms with Gasteiger partial charge in [-0.3, -0.25) is 0 Å². The molecule has 0 aliphatic heterocycles. The first kappa shape index (κ1) is 12.1. The average Bonchev–Trinajstić information content (AvgIpc) is 2.28. The second-order valence-electron chi connectivity index (χ2n) is 3.51. The van der Waals surface area contributed by atoms with Crippen LogP contribution >= 0.6 is 23.2 Å². The molecular weight excluding hydrogens is 259 g/mol. The van der Waals surface area contributed by atoms with E-state index < -0.39 is 0 Å². The third kappa shape index (κ3) is 2.68. The maximum absolute atomic E-state index is 6.13. The SMILES string of the molecule is COc1nc(C)cc(-c2ccc(Cl)cc2Cl)n1. The Balaban J connectivity index is 2.55. The maximum atomic E-state index is 6.13. The number of ether oxygens (including phenoxy) is 1. The summed E-state index contributed by atoms with van der Waals surface area (Å²) in [4.78, 5) is 8.37. The van der Waals surface area contributed by atoms with Gasteiger partial charge in [-0.15, -0.1) is 0 Å². The van der Waals surface area contributed by atoms with Gasteiger partial charge >= 0.3 is 6.01 Å². The highest BCUT2D eigenvalue weighted by Gasteiger charge is 2.08. The fourth-order valence-corrected chi connectivity index (χ4v) is 1.97. The molecule has 0 radical (unpaired) electrons. The van der Waals surface area contributed by atoms with Crippen molar-refractivity contribution < 1.29 is 4.74 Å². The van der Waals surface area contributed by atoms with Crippen molar-refractivity contribution in [2.75, 3.05) is 7.11 Å². The molecule has 88 valence electrons. The van der Waals surface area contributed by atoms with E-state index in [2.05, 4.69) is 9.97 Å². The fraction of sp³-hybridized carbons (Fsp3) is 0.167. The minimum Gasteiger partial charge on any atom is -0.467 e. The van der Waals surface area contributed by atoms with Gasteiger partial charge < -0.3 is 4.74 Å². The Kier molecular flexibility index (Phi) is 3.50. The molecule has 0 N–H and O–H groups in total. The Bertz CT molecular complexity index is 558. The molecule has 0 unspecified atom stereocenters. The number of nitrogens with zero attached hydrogens (tertiary/aromatic N) is 2. The monoisotopic (exact) mass is 268 g/mol. The predicted molar refractivity (Wildman–Crippen MR) is 68.8 cm³/mol. The topological polar surface area (TPSA) is 35.0 Å². The van der Waals surface area contributed by atoms with Gasteiger partial charge in [0.25, 0.3) is 0 Å². The molecule has 0 fully saturated rings. The summed E-state index contributed by atoms with van der Waals surface area (Å²) in [6, 6.07) is 7.45. The Morgan fingerprint density at radius 1 is 1.12 bits per heavy atom. The lowest BCUT2D eigenvalue weighted by molar-refractivity contribution is 0.379. The van der Waals surface area contributed by atoms with E-state index in [4.69, 9.17) is 27.9 Å².